The van der Waals surface area contributed by atoms with Crippen LogP contribution in [0.2, 0.25) is 0 Å². The average molecular weight is 205 g/mol. The van der Waals surface area contributed by atoms with Crippen LogP contribution in [0.1, 0.15) is 51.1 Å². The van der Waals surface area contributed by atoms with Crippen molar-refractivity contribution in [1.82, 2.24) is 5.32 Å². The van der Waals surface area contributed by atoms with E-state index in [0.717, 1.165) is 13.0 Å². The van der Waals surface area contributed by atoms with Gasteiger partial charge in [0.25, 0.3) is 0 Å². The highest BCUT2D eigenvalue weighted by Gasteiger charge is 2.06. The van der Waals surface area contributed by atoms with Gasteiger partial charge in [0.2, 0.25) is 0 Å². The van der Waals surface area contributed by atoms with Gasteiger partial charge >= 0.3 is 0 Å². The Hall–Kier alpha value is -0.820. The molecule has 1 heteroatoms. The Morgan fingerprint density at radius 1 is 1.07 bits per heavy atom. The summed E-state index contributed by atoms with van der Waals surface area (Å²) in [4.78, 5) is 0. The first-order valence-electron chi connectivity index (χ1n) is 6.16. The smallest absolute Gasteiger partial charge is 0.0317 e. The number of hydrogen-bond donors (Lipinski definition) is 1. The molecule has 0 aliphatic rings. The van der Waals surface area contributed by atoms with E-state index in [4.69, 9.17) is 0 Å². The molecule has 84 valence electrons. The fraction of sp³-hybridized carbons (Fsp3) is 0.571. The zero-order chi connectivity index (χ0) is 10.9. The number of hydrogen-bond acceptors (Lipinski definition) is 1. The molecule has 1 aromatic rings. The van der Waals surface area contributed by atoms with Crippen molar-refractivity contribution in [3.63, 3.8) is 0 Å². The van der Waals surface area contributed by atoms with Crippen LogP contribution in [0, 0.1) is 0 Å². The van der Waals surface area contributed by atoms with Crippen LogP contribution in [0.25, 0.3) is 0 Å². The maximum absolute atomic E-state index is 3.62. The summed E-state index contributed by atoms with van der Waals surface area (Å²) in [6, 6.07) is 11.3. The highest BCUT2D eigenvalue weighted by molar-refractivity contribution is 5.18. The van der Waals surface area contributed by atoms with E-state index in [-0.39, 0.29) is 0 Å². The normalized spacial score (nSPS) is 12.7. The van der Waals surface area contributed by atoms with Crippen LogP contribution >= 0.6 is 0 Å². The van der Waals surface area contributed by atoms with E-state index in [0.29, 0.717) is 6.04 Å². The summed E-state index contributed by atoms with van der Waals surface area (Å²) >= 11 is 0. The van der Waals surface area contributed by atoms with E-state index in [9.17, 15) is 0 Å². The van der Waals surface area contributed by atoms with Crippen molar-refractivity contribution in [3.8, 4) is 0 Å². The lowest BCUT2D eigenvalue weighted by Gasteiger charge is -2.17. The van der Waals surface area contributed by atoms with Gasteiger partial charge in [-0.2, -0.15) is 0 Å². The molecule has 0 saturated heterocycles. The van der Waals surface area contributed by atoms with Gasteiger partial charge in [-0.3, -0.25) is 0 Å². The van der Waals surface area contributed by atoms with Gasteiger partial charge in [-0.1, -0.05) is 57.0 Å². The van der Waals surface area contributed by atoms with Crippen molar-refractivity contribution in [2.45, 2.75) is 45.6 Å². The van der Waals surface area contributed by atoms with E-state index < -0.39 is 0 Å². The first-order valence-corrected chi connectivity index (χ1v) is 6.16. The van der Waals surface area contributed by atoms with Crippen molar-refractivity contribution in [2.24, 2.45) is 0 Å². The Morgan fingerprint density at radius 2 is 1.80 bits per heavy atom. The van der Waals surface area contributed by atoms with Gasteiger partial charge in [-0.05, 0) is 24.9 Å². The standard InChI is InChI=1S/C14H23N/c1-3-5-9-12-15-14(4-2)13-10-7-6-8-11-13/h6-8,10-11,14-15H,3-5,9,12H2,1-2H3. The first-order chi connectivity index (χ1) is 7.38. The summed E-state index contributed by atoms with van der Waals surface area (Å²) in [5.74, 6) is 0. The lowest BCUT2D eigenvalue weighted by Crippen LogP contribution is -2.21. The highest BCUT2D eigenvalue weighted by Crippen LogP contribution is 2.15. The number of nitrogens with one attached hydrogen (secondary N) is 1. The van der Waals surface area contributed by atoms with Crippen LogP contribution < -0.4 is 5.32 Å². The van der Waals surface area contributed by atoms with Gasteiger partial charge in [0.05, 0.1) is 0 Å². The van der Waals surface area contributed by atoms with Crippen LogP contribution in [-0.2, 0) is 0 Å². The Morgan fingerprint density at radius 3 is 2.40 bits per heavy atom. The molecule has 1 aromatic carbocycles. The summed E-state index contributed by atoms with van der Waals surface area (Å²) in [6.07, 6.45) is 5.08. The van der Waals surface area contributed by atoms with E-state index in [1.165, 1.54) is 24.8 Å². The second-order valence-electron chi connectivity index (χ2n) is 4.03. The van der Waals surface area contributed by atoms with Crippen LogP contribution in [0.15, 0.2) is 30.3 Å². The summed E-state index contributed by atoms with van der Waals surface area (Å²) < 4.78 is 0. The second kappa shape index (κ2) is 7.47. The van der Waals surface area contributed by atoms with Gasteiger partial charge < -0.3 is 5.32 Å². The third-order valence-corrected chi connectivity index (χ3v) is 2.78. The average Bonchev–Trinajstić information content (AvgIpc) is 2.30. The molecule has 0 aliphatic carbocycles. The van der Waals surface area contributed by atoms with Crippen LogP contribution in [-0.4, -0.2) is 6.54 Å². The summed E-state index contributed by atoms with van der Waals surface area (Å²) in [5.41, 5.74) is 1.41. The van der Waals surface area contributed by atoms with E-state index in [2.05, 4.69) is 49.5 Å². The maximum Gasteiger partial charge on any atom is 0.0317 e. The quantitative estimate of drug-likeness (QED) is 0.665. The molecule has 0 aliphatic heterocycles. The molecule has 0 heterocycles. The molecule has 0 saturated carbocycles. The van der Waals surface area contributed by atoms with Gasteiger partial charge in [0.1, 0.15) is 0 Å². The minimum Gasteiger partial charge on any atom is -0.310 e. The summed E-state index contributed by atoms with van der Waals surface area (Å²) in [7, 11) is 0. The Bertz CT molecular complexity index is 243. The molecule has 1 unspecified atom stereocenters. The number of rotatable bonds is 7. The predicted octanol–water partition coefficient (Wildman–Crippen LogP) is 3.92. The maximum atomic E-state index is 3.62. The second-order valence-corrected chi connectivity index (χ2v) is 4.03. The fourth-order valence-electron chi connectivity index (χ4n) is 1.83. The number of unbranched alkanes of at least 4 members (excludes halogenated alkanes) is 2. The molecular formula is C14H23N. The predicted molar refractivity (Wildman–Crippen MR) is 67.0 cm³/mol. The topological polar surface area (TPSA) is 12.0 Å². The van der Waals surface area contributed by atoms with Crippen molar-refractivity contribution in [1.29, 1.82) is 0 Å². The molecule has 1 nitrogen and oxygen atoms in total. The highest BCUT2D eigenvalue weighted by atomic mass is 14.9. The molecule has 1 N–H and O–H groups in total. The molecule has 1 atom stereocenters. The third kappa shape index (κ3) is 4.48. The zero-order valence-corrected chi connectivity index (χ0v) is 10.00. The first kappa shape index (κ1) is 12.3. The Balaban J connectivity index is 2.36. The molecule has 0 radical (unpaired) electrons. The zero-order valence-electron chi connectivity index (χ0n) is 10.00. The molecule has 0 fully saturated rings. The van der Waals surface area contributed by atoms with Crippen molar-refractivity contribution < 1.29 is 0 Å². The summed E-state index contributed by atoms with van der Waals surface area (Å²) in [5, 5.41) is 3.62. The van der Waals surface area contributed by atoms with Crippen molar-refractivity contribution in [3.05, 3.63) is 35.9 Å². The lowest BCUT2D eigenvalue weighted by molar-refractivity contribution is 0.501. The van der Waals surface area contributed by atoms with E-state index in [1.807, 2.05) is 0 Å². The summed E-state index contributed by atoms with van der Waals surface area (Å²) in [6.45, 7) is 5.63. The van der Waals surface area contributed by atoms with Gasteiger partial charge in [0, 0.05) is 6.04 Å². The van der Waals surface area contributed by atoms with Gasteiger partial charge in [-0.15, -0.1) is 0 Å². The minimum atomic E-state index is 0.531. The van der Waals surface area contributed by atoms with Gasteiger partial charge in [-0.25, -0.2) is 0 Å². The molecular weight excluding hydrogens is 182 g/mol. The van der Waals surface area contributed by atoms with Crippen molar-refractivity contribution >= 4 is 0 Å². The molecule has 0 amide bonds. The van der Waals surface area contributed by atoms with Crippen LogP contribution in [0.3, 0.4) is 0 Å². The number of benzene rings is 1. The molecule has 0 spiro atoms. The van der Waals surface area contributed by atoms with E-state index >= 15 is 0 Å². The molecule has 0 bridgehead atoms. The molecule has 0 aromatic heterocycles. The Labute approximate surface area is 93.9 Å². The fourth-order valence-corrected chi connectivity index (χ4v) is 1.83. The van der Waals surface area contributed by atoms with E-state index in [1.54, 1.807) is 0 Å². The third-order valence-electron chi connectivity index (χ3n) is 2.78. The molecule has 1 rings (SSSR count). The van der Waals surface area contributed by atoms with Gasteiger partial charge in [0.15, 0.2) is 0 Å². The lowest BCUT2D eigenvalue weighted by atomic mass is 10.0. The minimum absolute atomic E-state index is 0.531. The SMILES string of the molecule is CCCCCNC(CC)c1ccccc1. The van der Waals surface area contributed by atoms with Crippen LogP contribution in [0.4, 0.5) is 0 Å². The van der Waals surface area contributed by atoms with Crippen molar-refractivity contribution in [2.75, 3.05) is 6.54 Å². The largest absolute Gasteiger partial charge is 0.310 e. The molecule has 15 heavy (non-hydrogen) atoms. The van der Waals surface area contributed by atoms with Crippen LogP contribution in [0.5, 0.6) is 0 Å². The Kier molecular flexibility index (Phi) is 6.10. The monoisotopic (exact) mass is 205 g/mol.